The Morgan fingerprint density at radius 3 is 2.76 bits per heavy atom. The van der Waals surface area contributed by atoms with Crippen LogP contribution in [-0.4, -0.2) is 17.4 Å². The minimum absolute atomic E-state index is 0.0898. The van der Waals surface area contributed by atoms with Gasteiger partial charge >= 0.3 is 6.18 Å². The molecule has 0 aliphatic carbocycles. The summed E-state index contributed by atoms with van der Waals surface area (Å²) >= 11 is 3.30. The van der Waals surface area contributed by atoms with Crippen molar-refractivity contribution in [3.8, 4) is 0 Å². The number of nitrogens with zero attached hydrogens (tertiary/aromatic N) is 1. The highest BCUT2D eigenvalue weighted by Gasteiger charge is 2.31. The van der Waals surface area contributed by atoms with Gasteiger partial charge in [0.1, 0.15) is 5.76 Å². The smallest absolute Gasteiger partial charge is 0.416 e. The van der Waals surface area contributed by atoms with Crippen molar-refractivity contribution >= 4 is 21.8 Å². The average Bonchev–Trinajstić information content (AvgIpc) is 2.75. The summed E-state index contributed by atoms with van der Waals surface area (Å²) in [5, 5.41) is 0. The lowest BCUT2D eigenvalue weighted by Gasteiger charge is -2.21. The third kappa shape index (κ3) is 4.08. The highest BCUT2D eigenvalue weighted by atomic mass is 79.9. The van der Waals surface area contributed by atoms with Gasteiger partial charge in [-0.25, -0.2) is 0 Å². The van der Waals surface area contributed by atoms with Gasteiger partial charge in [-0.15, -0.1) is 0 Å². The van der Waals surface area contributed by atoms with Gasteiger partial charge in [0.05, 0.1) is 12.0 Å². The van der Waals surface area contributed by atoms with Crippen molar-refractivity contribution in [3.05, 3.63) is 56.9 Å². The molecule has 25 heavy (non-hydrogen) atoms. The normalized spacial score (nSPS) is 15.0. The first-order chi connectivity index (χ1) is 11.7. The van der Waals surface area contributed by atoms with E-state index in [2.05, 4.69) is 15.9 Å². The van der Waals surface area contributed by atoms with E-state index in [9.17, 15) is 18.0 Å². The Morgan fingerprint density at radius 2 is 2.08 bits per heavy atom. The van der Waals surface area contributed by atoms with E-state index in [1.165, 1.54) is 6.07 Å². The van der Waals surface area contributed by atoms with Crippen LogP contribution in [-0.2, 0) is 30.4 Å². The highest BCUT2D eigenvalue weighted by molar-refractivity contribution is 9.10. The van der Waals surface area contributed by atoms with Gasteiger partial charge < -0.3 is 9.32 Å². The second kappa shape index (κ2) is 6.86. The molecule has 0 bridgehead atoms. The largest absolute Gasteiger partial charge is 0.454 e. The SMILES string of the molecule is Cc1cc(C(F)(F)F)ccc1CC(=O)N1CCCc2oc(Br)cc2C1. The summed E-state index contributed by atoms with van der Waals surface area (Å²) in [6, 6.07) is 5.39. The van der Waals surface area contributed by atoms with Crippen LogP contribution < -0.4 is 0 Å². The first-order valence-electron chi connectivity index (χ1n) is 7.95. The number of fused-ring (bicyclic) bond motifs is 1. The van der Waals surface area contributed by atoms with E-state index in [4.69, 9.17) is 4.42 Å². The van der Waals surface area contributed by atoms with Crippen LogP contribution in [0.2, 0.25) is 0 Å². The summed E-state index contributed by atoms with van der Waals surface area (Å²) in [6.07, 6.45) is -2.71. The van der Waals surface area contributed by atoms with Crippen molar-refractivity contribution < 1.29 is 22.4 Å². The number of rotatable bonds is 2. The van der Waals surface area contributed by atoms with Crippen LogP contribution in [0.1, 0.15) is 34.4 Å². The second-order valence-electron chi connectivity index (χ2n) is 6.23. The molecular formula is C18H17BrF3NO2. The number of hydrogen-bond acceptors (Lipinski definition) is 2. The monoisotopic (exact) mass is 415 g/mol. The maximum atomic E-state index is 12.8. The number of halogens is 4. The summed E-state index contributed by atoms with van der Waals surface area (Å²) in [7, 11) is 0. The molecule has 2 aromatic rings. The number of benzene rings is 1. The summed E-state index contributed by atoms with van der Waals surface area (Å²) in [5.74, 6) is 0.793. The van der Waals surface area contributed by atoms with Crippen molar-refractivity contribution in [2.75, 3.05) is 6.54 Å². The van der Waals surface area contributed by atoms with E-state index in [0.29, 0.717) is 28.9 Å². The predicted octanol–water partition coefficient (Wildman–Crippen LogP) is 4.89. The van der Waals surface area contributed by atoms with Crippen LogP contribution in [0, 0.1) is 6.92 Å². The third-order valence-electron chi connectivity index (χ3n) is 4.42. The molecule has 1 aliphatic heterocycles. The predicted molar refractivity (Wildman–Crippen MR) is 90.0 cm³/mol. The van der Waals surface area contributed by atoms with Crippen LogP contribution in [0.3, 0.4) is 0 Å². The van der Waals surface area contributed by atoms with Gasteiger partial charge in [-0.3, -0.25) is 4.79 Å². The van der Waals surface area contributed by atoms with Gasteiger partial charge in [-0.05, 0) is 58.6 Å². The molecule has 0 radical (unpaired) electrons. The topological polar surface area (TPSA) is 33.5 Å². The highest BCUT2D eigenvalue weighted by Crippen LogP contribution is 2.31. The fraction of sp³-hybridized carbons (Fsp3) is 0.389. The lowest BCUT2D eigenvalue weighted by molar-refractivity contribution is -0.137. The van der Waals surface area contributed by atoms with Gasteiger partial charge in [0.2, 0.25) is 5.91 Å². The number of carbonyl (C=O) groups excluding carboxylic acids is 1. The third-order valence-corrected chi connectivity index (χ3v) is 4.81. The number of alkyl halides is 3. The minimum atomic E-state index is -4.37. The van der Waals surface area contributed by atoms with E-state index in [-0.39, 0.29) is 12.3 Å². The zero-order valence-corrected chi connectivity index (χ0v) is 15.2. The van der Waals surface area contributed by atoms with Gasteiger partial charge in [0.15, 0.2) is 4.67 Å². The van der Waals surface area contributed by atoms with Crippen molar-refractivity contribution in [3.63, 3.8) is 0 Å². The molecule has 0 N–H and O–H groups in total. The molecule has 1 aliphatic rings. The lowest BCUT2D eigenvalue weighted by Crippen LogP contribution is -2.32. The summed E-state index contributed by atoms with van der Waals surface area (Å²) in [6.45, 7) is 2.68. The first kappa shape index (κ1) is 18.0. The molecule has 134 valence electrons. The van der Waals surface area contributed by atoms with Crippen LogP contribution in [0.5, 0.6) is 0 Å². The molecule has 7 heteroatoms. The number of aryl methyl sites for hydroxylation is 2. The quantitative estimate of drug-likeness (QED) is 0.699. The standard InChI is InChI=1S/C18H17BrF3NO2/c1-11-7-14(18(20,21)22)5-4-12(11)9-17(24)23-6-2-3-15-13(10-23)8-16(19)25-15/h4-5,7-8H,2-3,6,9-10H2,1H3. The lowest BCUT2D eigenvalue weighted by atomic mass is 10.0. The Kier molecular flexibility index (Phi) is 4.95. The van der Waals surface area contributed by atoms with Crippen LogP contribution in [0.25, 0.3) is 0 Å². The van der Waals surface area contributed by atoms with Crippen LogP contribution in [0.15, 0.2) is 33.4 Å². The molecule has 3 rings (SSSR count). The molecule has 2 heterocycles. The van der Waals surface area contributed by atoms with Crippen molar-refractivity contribution in [2.24, 2.45) is 0 Å². The van der Waals surface area contributed by atoms with E-state index >= 15 is 0 Å². The van der Waals surface area contributed by atoms with Gasteiger partial charge in [-0.1, -0.05) is 6.07 Å². The Bertz CT molecular complexity index is 798. The van der Waals surface area contributed by atoms with Crippen LogP contribution >= 0.6 is 15.9 Å². The Labute approximate surface area is 151 Å². The summed E-state index contributed by atoms with van der Waals surface area (Å²) in [5.41, 5.74) is 1.38. The average molecular weight is 416 g/mol. The molecule has 0 fully saturated rings. The molecule has 0 saturated carbocycles. The maximum Gasteiger partial charge on any atom is 0.416 e. The summed E-state index contributed by atoms with van der Waals surface area (Å²) in [4.78, 5) is 14.4. The zero-order chi connectivity index (χ0) is 18.2. The van der Waals surface area contributed by atoms with Crippen molar-refractivity contribution in [1.29, 1.82) is 0 Å². The molecule has 0 saturated heterocycles. The van der Waals surface area contributed by atoms with Gasteiger partial charge in [0.25, 0.3) is 0 Å². The van der Waals surface area contributed by atoms with E-state index in [0.717, 1.165) is 36.3 Å². The fourth-order valence-corrected chi connectivity index (χ4v) is 3.52. The molecule has 0 atom stereocenters. The Hall–Kier alpha value is -1.76. The molecule has 3 nitrogen and oxygen atoms in total. The molecular weight excluding hydrogens is 399 g/mol. The fourth-order valence-electron chi connectivity index (χ4n) is 3.05. The Balaban J connectivity index is 1.74. The molecule has 1 amide bonds. The number of carbonyl (C=O) groups is 1. The van der Waals surface area contributed by atoms with Gasteiger partial charge in [0, 0.05) is 25.1 Å². The number of furan rings is 1. The van der Waals surface area contributed by atoms with E-state index < -0.39 is 11.7 Å². The maximum absolute atomic E-state index is 12.8. The number of hydrogen-bond donors (Lipinski definition) is 0. The summed E-state index contributed by atoms with van der Waals surface area (Å²) < 4.78 is 44.5. The van der Waals surface area contributed by atoms with Crippen LogP contribution in [0.4, 0.5) is 13.2 Å². The Morgan fingerprint density at radius 1 is 1.32 bits per heavy atom. The van der Waals surface area contributed by atoms with E-state index in [1.807, 2.05) is 6.07 Å². The number of amides is 1. The van der Waals surface area contributed by atoms with Gasteiger partial charge in [-0.2, -0.15) is 13.2 Å². The molecule has 0 unspecified atom stereocenters. The second-order valence-corrected chi connectivity index (χ2v) is 7.02. The van der Waals surface area contributed by atoms with E-state index in [1.54, 1.807) is 11.8 Å². The minimum Gasteiger partial charge on any atom is -0.454 e. The molecule has 0 spiro atoms. The molecule has 1 aromatic heterocycles. The van der Waals surface area contributed by atoms with Crippen molar-refractivity contribution in [1.82, 2.24) is 4.90 Å². The molecule has 1 aromatic carbocycles. The van der Waals surface area contributed by atoms with Crippen molar-refractivity contribution in [2.45, 2.75) is 38.9 Å². The zero-order valence-electron chi connectivity index (χ0n) is 13.6. The first-order valence-corrected chi connectivity index (χ1v) is 8.75.